The maximum atomic E-state index is 5.64. The molecule has 1 nitrogen and oxygen atoms in total. The summed E-state index contributed by atoms with van der Waals surface area (Å²) in [5, 5.41) is 0.533. The fraction of sp³-hybridized carbons (Fsp3) is 0.429. The molecule has 0 bridgehead atoms. The zero-order valence-corrected chi connectivity index (χ0v) is 7.37. The summed E-state index contributed by atoms with van der Waals surface area (Å²) in [6.45, 7) is 5.74. The molecule has 0 heterocycles. The molecule has 0 saturated heterocycles. The zero-order chi connectivity index (χ0) is 7.98. The van der Waals surface area contributed by atoms with Crippen LogP contribution in [0.4, 0.5) is 0 Å². The summed E-state index contributed by atoms with van der Waals surface area (Å²) >= 11 is 11.0. The minimum atomic E-state index is 0.471. The van der Waals surface area contributed by atoms with Crippen LogP contribution >= 0.6 is 23.2 Å². The summed E-state index contributed by atoms with van der Waals surface area (Å²) in [7, 11) is 0. The molecule has 0 aliphatic heterocycles. The SMILES string of the molecule is C=C/C(Cl)=C(\C)OCCCl. The second-order valence-electron chi connectivity index (χ2n) is 1.65. The van der Waals surface area contributed by atoms with Gasteiger partial charge in [-0.05, 0) is 13.0 Å². The van der Waals surface area contributed by atoms with Crippen molar-refractivity contribution in [3.8, 4) is 0 Å². The lowest BCUT2D eigenvalue weighted by atomic mass is 10.4. The Morgan fingerprint density at radius 3 is 2.70 bits per heavy atom. The first-order valence-electron chi connectivity index (χ1n) is 2.90. The Bertz CT molecular complexity index is 141. The van der Waals surface area contributed by atoms with Gasteiger partial charge in [0.25, 0.3) is 0 Å². The molecular formula is C7H10Cl2O. The highest BCUT2D eigenvalue weighted by molar-refractivity contribution is 6.31. The molecule has 0 saturated carbocycles. The van der Waals surface area contributed by atoms with Crippen molar-refractivity contribution < 1.29 is 4.74 Å². The van der Waals surface area contributed by atoms with Gasteiger partial charge in [-0.2, -0.15) is 0 Å². The van der Waals surface area contributed by atoms with Crippen molar-refractivity contribution in [3.05, 3.63) is 23.4 Å². The summed E-state index contributed by atoms with van der Waals surface area (Å²) in [5.74, 6) is 1.14. The monoisotopic (exact) mass is 180 g/mol. The second-order valence-corrected chi connectivity index (χ2v) is 2.43. The highest BCUT2D eigenvalue weighted by Gasteiger charge is 1.93. The molecule has 0 aliphatic carbocycles. The normalized spacial score (nSPS) is 12.3. The first kappa shape index (κ1) is 9.86. The quantitative estimate of drug-likeness (QED) is 0.368. The van der Waals surface area contributed by atoms with Gasteiger partial charge >= 0.3 is 0 Å². The third-order valence-electron chi connectivity index (χ3n) is 0.911. The van der Waals surface area contributed by atoms with Crippen LogP contribution in [0.2, 0.25) is 0 Å². The predicted molar refractivity (Wildman–Crippen MR) is 45.4 cm³/mol. The molecule has 0 aromatic heterocycles. The minimum absolute atomic E-state index is 0.471. The summed E-state index contributed by atoms with van der Waals surface area (Å²) in [5.41, 5.74) is 0. The first-order valence-corrected chi connectivity index (χ1v) is 3.81. The molecule has 0 unspecified atom stereocenters. The third-order valence-corrected chi connectivity index (χ3v) is 1.49. The van der Waals surface area contributed by atoms with Gasteiger partial charge in [-0.1, -0.05) is 18.2 Å². The molecule has 0 amide bonds. The highest BCUT2D eigenvalue weighted by atomic mass is 35.5. The van der Waals surface area contributed by atoms with Crippen molar-refractivity contribution in [1.82, 2.24) is 0 Å². The van der Waals surface area contributed by atoms with Gasteiger partial charge < -0.3 is 4.74 Å². The van der Waals surface area contributed by atoms with Crippen molar-refractivity contribution in [2.75, 3.05) is 12.5 Å². The Morgan fingerprint density at radius 1 is 1.70 bits per heavy atom. The van der Waals surface area contributed by atoms with Crippen molar-refractivity contribution in [3.63, 3.8) is 0 Å². The number of halogens is 2. The standard InChI is InChI=1S/C7H10Cl2O/c1-3-7(9)6(2)10-5-4-8/h3H,1,4-5H2,2H3/b7-6-. The molecule has 0 fully saturated rings. The summed E-state index contributed by atoms with van der Waals surface area (Å²) in [6, 6.07) is 0. The number of ether oxygens (including phenoxy) is 1. The van der Waals surface area contributed by atoms with Crippen LogP contribution in [0.15, 0.2) is 23.4 Å². The highest BCUT2D eigenvalue weighted by Crippen LogP contribution is 2.10. The molecular weight excluding hydrogens is 171 g/mol. The lowest BCUT2D eigenvalue weighted by Crippen LogP contribution is -1.93. The van der Waals surface area contributed by atoms with Gasteiger partial charge in [0, 0.05) is 0 Å². The number of alkyl halides is 1. The number of rotatable bonds is 4. The second kappa shape index (κ2) is 5.63. The van der Waals surface area contributed by atoms with E-state index in [9.17, 15) is 0 Å². The molecule has 0 spiro atoms. The first-order chi connectivity index (χ1) is 4.72. The van der Waals surface area contributed by atoms with Crippen LogP contribution in [0, 0.1) is 0 Å². The van der Waals surface area contributed by atoms with E-state index in [0.29, 0.717) is 23.3 Å². The van der Waals surface area contributed by atoms with Crippen molar-refractivity contribution in [2.24, 2.45) is 0 Å². The molecule has 0 aromatic carbocycles. The average molecular weight is 181 g/mol. The van der Waals surface area contributed by atoms with Gasteiger partial charge in [0.15, 0.2) is 0 Å². The number of hydrogen-bond donors (Lipinski definition) is 0. The lowest BCUT2D eigenvalue weighted by molar-refractivity contribution is 0.232. The van der Waals surface area contributed by atoms with E-state index in [1.807, 2.05) is 0 Å². The molecule has 10 heavy (non-hydrogen) atoms. The molecule has 58 valence electrons. The molecule has 0 aromatic rings. The Labute approximate surface area is 71.3 Å². The predicted octanol–water partition coefficient (Wildman–Crippen LogP) is 2.90. The van der Waals surface area contributed by atoms with E-state index in [-0.39, 0.29) is 0 Å². The van der Waals surface area contributed by atoms with E-state index >= 15 is 0 Å². The molecule has 3 heteroatoms. The average Bonchev–Trinajstić information content (AvgIpc) is 1.98. The van der Waals surface area contributed by atoms with Crippen LogP contribution in [-0.2, 0) is 4.74 Å². The van der Waals surface area contributed by atoms with E-state index in [2.05, 4.69) is 6.58 Å². The van der Waals surface area contributed by atoms with E-state index < -0.39 is 0 Å². The molecule has 0 aliphatic rings. The molecule has 0 radical (unpaired) electrons. The van der Waals surface area contributed by atoms with Crippen molar-refractivity contribution in [1.29, 1.82) is 0 Å². The fourth-order valence-electron chi connectivity index (χ4n) is 0.404. The summed E-state index contributed by atoms with van der Waals surface area (Å²) in [6.07, 6.45) is 1.53. The Balaban J connectivity index is 3.79. The van der Waals surface area contributed by atoms with E-state index in [0.717, 1.165) is 0 Å². The maximum Gasteiger partial charge on any atom is 0.111 e. The van der Waals surface area contributed by atoms with E-state index in [1.165, 1.54) is 6.08 Å². The number of hydrogen-bond acceptors (Lipinski definition) is 1. The van der Waals surface area contributed by atoms with Crippen molar-refractivity contribution >= 4 is 23.2 Å². The van der Waals surface area contributed by atoms with Crippen LogP contribution in [0.5, 0.6) is 0 Å². The molecule has 0 atom stereocenters. The van der Waals surface area contributed by atoms with Gasteiger partial charge in [-0.15, -0.1) is 11.6 Å². The van der Waals surface area contributed by atoms with Gasteiger partial charge in [0.2, 0.25) is 0 Å². The summed E-state index contributed by atoms with van der Waals surface area (Å²) in [4.78, 5) is 0. The van der Waals surface area contributed by atoms with Crippen molar-refractivity contribution in [2.45, 2.75) is 6.92 Å². The topological polar surface area (TPSA) is 9.23 Å². The Hall–Kier alpha value is -0.140. The zero-order valence-electron chi connectivity index (χ0n) is 5.86. The maximum absolute atomic E-state index is 5.64. The van der Waals surface area contributed by atoms with E-state index in [4.69, 9.17) is 27.9 Å². The van der Waals surface area contributed by atoms with Gasteiger partial charge in [-0.3, -0.25) is 0 Å². The van der Waals surface area contributed by atoms with Crippen LogP contribution < -0.4 is 0 Å². The smallest absolute Gasteiger partial charge is 0.111 e. The van der Waals surface area contributed by atoms with Crippen LogP contribution in [0.1, 0.15) is 6.92 Å². The largest absolute Gasteiger partial charge is 0.495 e. The van der Waals surface area contributed by atoms with Crippen LogP contribution in [0.3, 0.4) is 0 Å². The van der Waals surface area contributed by atoms with Gasteiger partial charge in [0.05, 0.1) is 10.9 Å². The van der Waals surface area contributed by atoms with Crippen LogP contribution in [0.25, 0.3) is 0 Å². The fourth-order valence-corrected chi connectivity index (χ4v) is 0.536. The van der Waals surface area contributed by atoms with E-state index in [1.54, 1.807) is 6.92 Å². The van der Waals surface area contributed by atoms with Crippen LogP contribution in [-0.4, -0.2) is 12.5 Å². The minimum Gasteiger partial charge on any atom is -0.495 e. The number of allylic oxidation sites excluding steroid dienone is 3. The molecule has 0 N–H and O–H groups in total. The molecule has 0 rings (SSSR count). The summed E-state index contributed by atoms with van der Waals surface area (Å²) < 4.78 is 5.09. The Morgan fingerprint density at radius 2 is 2.30 bits per heavy atom. The van der Waals surface area contributed by atoms with Gasteiger partial charge in [-0.25, -0.2) is 0 Å². The third kappa shape index (κ3) is 3.80. The lowest BCUT2D eigenvalue weighted by Gasteiger charge is -2.03. The Kier molecular flexibility index (Phi) is 5.55. The van der Waals surface area contributed by atoms with Gasteiger partial charge in [0.1, 0.15) is 12.4 Å².